The molecule has 0 saturated heterocycles. The molecule has 0 aliphatic carbocycles. The second-order valence-corrected chi connectivity index (χ2v) is 3.48. The van der Waals surface area contributed by atoms with Crippen molar-refractivity contribution in [3.05, 3.63) is 23.3 Å². The van der Waals surface area contributed by atoms with Crippen LogP contribution in [0.1, 0.15) is 32.6 Å². The molecule has 0 saturated carbocycles. The first-order valence-corrected chi connectivity index (χ1v) is 4.86. The predicted octanol–water partition coefficient (Wildman–Crippen LogP) is 3.64. The molecule has 0 aromatic carbocycles. The maximum Gasteiger partial charge on any atom is 0.102 e. The molecule has 0 radical (unpaired) electrons. The standard InChI is InChI=1S/C9H14OS/c1-2-3-4-6-9-7-5-8-10-11-9/h5,7-8H,2-4,6H2,1H3. The normalized spacial score (nSPS) is 15.9. The highest BCUT2D eigenvalue weighted by Crippen LogP contribution is 2.26. The third-order valence-electron chi connectivity index (χ3n) is 1.60. The largest absolute Gasteiger partial charge is 0.429 e. The molecule has 0 amide bonds. The summed E-state index contributed by atoms with van der Waals surface area (Å²) in [7, 11) is 0. The molecule has 0 aromatic rings. The zero-order chi connectivity index (χ0) is 7.94. The van der Waals surface area contributed by atoms with Crippen LogP contribution in [0.2, 0.25) is 0 Å². The molecule has 62 valence electrons. The van der Waals surface area contributed by atoms with E-state index in [0.29, 0.717) is 0 Å². The van der Waals surface area contributed by atoms with E-state index in [1.807, 2.05) is 6.08 Å². The molecule has 1 rings (SSSR count). The molecule has 0 atom stereocenters. The summed E-state index contributed by atoms with van der Waals surface area (Å²) >= 11 is 1.49. The average molecular weight is 170 g/mol. The zero-order valence-corrected chi connectivity index (χ0v) is 7.69. The predicted molar refractivity (Wildman–Crippen MR) is 50.0 cm³/mol. The SMILES string of the molecule is CCCCCC1=CC=COS1. The molecule has 0 aromatic heterocycles. The number of hydrogen-bond donors (Lipinski definition) is 0. The van der Waals surface area contributed by atoms with Crippen LogP contribution >= 0.6 is 12.0 Å². The second-order valence-electron chi connectivity index (χ2n) is 2.60. The van der Waals surface area contributed by atoms with Gasteiger partial charge in [0.1, 0.15) is 6.26 Å². The molecule has 11 heavy (non-hydrogen) atoms. The summed E-state index contributed by atoms with van der Waals surface area (Å²) in [6.45, 7) is 2.22. The Morgan fingerprint density at radius 1 is 1.45 bits per heavy atom. The van der Waals surface area contributed by atoms with Gasteiger partial charge >= 0.3 is 0 Å². The van der Waals surface area contributed by atoms with E-state index < -0.39 is 0 Å². The number of allylic oxidation sites excluding steroid dienone is 3. The Morgan fingerprint density at radius 2 is 2.36 bits per heavy atom. The molecule has 1 nitrogen and oxygen atoms in total. The van der Waals surface area contributed by atoms with Crippen molar-refractivity contribution in [2.75, 3.05) is 0 Å². The van der Waals surface area contributed by atoms with Crippen LogP contribution in [0.5, 0.6) is 0 Å². The molecule has 2 heteroatoms. The summed E-state index contributed by atoms with van der Waals surface area (Å²) in [5.41, 5.74) is 0. The van der Waals surface area contributed by atoms with E-state index in [1.54, 1.807) is 6.26 Å². The van der Waals surface area contributed by atoms with Crippen LogP contribution < -0.4 is 0 Å². The van der Waals surface area contributed by atoms with Crippen LogP contribution in [0.25, 0.3) is 0 Å². The van der Waals surface area contributed by atoms with Gasteiger partial charge in [0.05, 0.1) is 12.0 Å². The van der Waals surface area contributed by atoms with E-state index in [0.717, 1.165) is 0 Å². The van der Waals surface area contributed by atoms with E-state index in [-0.39, 0.29) is 0 Å². The molecular formula is C9H14OS. The molecule has 0 bridgehead atoms. The highest BCUT2D eigenvalue weighted by atomic mass is 32.2. The third kappa shape index (κ3) is 3.51. The summed E-state index contributed by atoms with van der Waals surface area (Å²) in [5.74, 6) is 0. The molecule has 1 aliphatic rings. The fraction of sp³-hybridized carbons (Fsp3) is 0.556. The summed E-state index contributed by atoms with van der Waals surface area (Å²) in [6, 6.07) is 0. The zero-order valence-electron chi connectivity index (χ0n) is 6.88. The van der Waals surface area contributed by atoms with Gasteiger partial charge in [-0.1, -0.05) is 19.8 Å². The van der Waals surface area contributed by atoms with Crippen molar-refractivity contribution in [2.24, 2.45) is 0 Å². The topological polar surface area (TPSA) is 9.23 Å². The minimum Gasteiger partial charge on any atom is -0.429 e. The highest BCUT2D eigenvalue weighted by Gasteiger charge is 2.00. The molecule has 1 aliphatic heterocycles. The number of hydrogen-bond acceptors (Lipinski definition) is 2. The maximum atomic E-state index is 5.08. The first kappa shape index (κ1) is 8.72. The van der Waals surface area contributed by atoms with E-state index in [4.69, 9.17) is 4.18 Å². The quantitative estimate of drug-likeness (QED) is 0.470. The van der Waals surface area contributed by atoms with Crippen LogP contribution in [0.15, 0.2) is 23.3 Å². The van der Waals surface area contributed by atoms with Gasteiger partial charge in [0.25, 0.3) is 0 Å². The summed E-state index contributed by atoms with van der Waals surface area (Å²) in [4.78, 5) is 1.35. The van der Waals surface area contributed by atoms with Gasteiger partial charge in [-0.2, -0.15) is 0 Å². The minimum absolute atomic E-state index is 1.17. The van der Waals surface area contributed by atoms with Gasteiger partial charge in [0.2, 0.25) is 0 Å². The Balaban J connectivity index is 2.15. The van der Waals surface area contributed by atoms with Crippen molar-refractivity contribution < 1.29 is 4.18 Å². The van der Waals surface area contributed by atoms with E-state index in [2.05, 4.69) is 13.0 Å². The molecule has 0 N–H and O–H groups in total. The maximum absolute atomic E-state index is 5.08. The van der Waals surface area contributed by atoms with Gasteiger partial charge in [-0.15, -0.1) is 0 Å². The Labute approximate surface area is 72.7 Å². The molecule has 0 unspecified atom stereocenters. The van der Waals surface area contributed by atoms with Gasteiger partial charge in [-0.25, -0.2) is 0 Å². The van der Waals surface area contributed by atoms with Gasteiger partial charge in [-0.3, -0.25) is 0 Å². The van der Waals surface area contributed by atoms with Crippen molar-refractivity contribution >= 4 is 12.0 Å². The lowest BCUT2D eigenvalue weighted by molar-refractivity contribution is 0.564. The smallest absolute Gasteiger partial charge is 0.102 e. The number of rotatable bonds is 4. The minimum atomic E-state index is 1.17. The van der Waals surface area contributed by atoms with Crippen molar-refractivity contribution in [3.8, 4) is 0 Å². The summed E-state index contributed by atoms with van der Waals surface area (Å²) in [6.07, 6.45) is 10.9. The lowest BCUT2D eigenvalue weighted by Crippen LogP contribution is -1.83. The third-order valence-corrected chi connectivity index (χ3v) is 2.36. The van der Waals surface area contributed by atoms with Crippen molar-refractivity contribution in [3.63, 3.8) is 0 Å². The van der Waals surface area contributed by atoms with Gasteiger partial charge in [0, 0.05) is 4.91 Å². The Bertz CT molecular complexity index is 161. The fourth-order valence-electron chi connectivity index (χ4n) is 0.970. The van der Waals surface area contributed by atoms with Gasteiger partial charge < -0.3 is 4.18 Å². The second kappa shape index (κ2) is 5.30. The summed E-state index contributed by atoms with van der Waals surface area (Å²) in [5, 5.41) is 0. The van der Waals surface area contributed by atoms with E-state index in [1.165, 1.54) is 42.6 Å². The van der Waals surface area contributed by atoms with Crippen LogP contribution in [0, 0.1) is 0 Å². The average Bonchev–Trinajstić information content (AvgIpc) is 2.07. The van der Waals surface area contributed by atoms with Crippen LogP contribution in [-0.4, -0.2) is 0 Å². The van der Waals surface area contributed by atoms with Crippen LogP contribution in [0.3, 0.4) is 0 Å². The van der Waals surface area contributed by atoms with E-state index >= 15 is 0 Å². The van der Waals surface area contributed by atoms with Gasteiger partial charge in [-0.05, 0) is 25.0 Å². The number of unbranched alkanes of at least 4 members (excludes halogenated alkanes) is 2. The van der Waals surface area contributed by atoms with Crippen LogP contribution in [-0.2, 0) is 4.18 Å². The monoisotopic (exact) mass is 170 g/mol. The van der Waals surface area contributed by atoms with Crippen molar-refractivity contribution in [1.29, 1.82) is 0 Å². The summed E-state index contributed by atoms with van der Waals surface area (Å²) < 4.78 is 5.08. The van der Waals surface area contributed by atoms with Crippen LogP contribution in [0.4, 0.5) is 0 Å². The Morgan fingerprint density at radius 3 is 3.00 bits per heavy atom. The van der Waals surface area contributed by atoms with Crippen molar-refractivity contribution in [2.45, 2.75) is 32.6 Å². The Kier molecular flexibility index (Phi) is 4.21. The fourth-order valence-corrected chi connectivity index (χ4v) is 1.58. The van der Waals surface area contributed by atoms with E-state index in [9.17, 15) is 0 Å². The van der Waals surface area contributed by atoms with Crippen molar-refractivity contribution in [1.82, 2.24) is 0 Å². The molecule has 0 fully saturated rings. The lowest BCUT2D eigenvalue weighted by Gasteiger charge is -2.06. The molecule has 0 spiro atoms. The van der Waals surface area contributed by atoms with Gasteiger partial charge in [0.15, 0.2) is 0 Å². The lowest BCUT2D eigenvalue weighted by atomic mass is 10.2. The first-order valence-electron chi connectivity index (χ1n) is 4.12. The Hall–Kier alpha value is -0.370. The first-order chi connectivity index (χ1) is 5.43. The molecule has 1 heterocycles. The molecular weight excluding hydrogens is 156 g/mol. The highest BCUT2D eigenvalue weighted by molar-refractivity contribution is 7.98.